The summed E-state index contributed by atoms with van der Waals surface area (Å²) in [6.45, 7) is 12.2. The van der Waals surface area contributed by atoms with Gasteiger partial charge in [-0.05, 0) is 89.5 Å². The summed E-state index contributed by atoms with van der Waals surface area (Å²) in [6, 6.07) is 7.00. The zero-order chi connectivity index (χ0) is 27.0. The van der Waals surface area contributed by atoms with Crippen molar-refractivity contribution in [3.8, 4) is 11.5 Å². The van der Waals surface area contributed by atoms with Crippen molar-refractivity contribution >= 4 is 17.9 Å². The number of unbranched alkanes of at least 4 members (excludes halogenated alkanes) is 2. The predicted octanol–water partition coefficient (Wildman–Crippen LogP) is 5.35. The molecule has 0 bridgehead atoms. The number of rotatable bonds is 16. The maximum Gasteiger partial charge on any atom is 0.333 e. The summed E-state index contributed by atoms with van der Waals surface area (Å²) in [6.07, 6.45) is 6.29. The van der Waals surface area contributed by atoms with Crippen molar-refractivity contribution in [3.05, 3.63) is 48.6 Å². The maximum absolute atomic E-state index is 12.6. The van der Waals surface area contributed by atoms with Gasteiger partial charge in [-0.2, -0.15) is 0 Å². The summed E-state index contributed by atoms with van der Waals surface area (Å²) in [5.41, 5.74) is 0.796. The molecule has 204 valence electrons. The second kappa shape index (κ2) is 16.6. The van der Waals surface area contributed by atoms with E-state index in [4.69, 9.17) is 23.7 Å². The van der Waals surface area contributed by atoms with E-state index in [1.807, 2.05) is 0 Å². The molecule has 0 unspecified atom stereocenters. The molecule has 0 heterocycles. The van der Waals surface area contributed by atoms with Crippen molar-refractivity contribution in [2.75, 3.05) is 26.4 Å². The Hall–Kier alpha value is -3.13. The molecule has 8 nitrogen and oxygen atoms in total. The van der Waals surface area contributed by atoms with E-state index in [0.717, 1.165) is 44.9 Å². The number of ether oxygens (including phenoxy) is 5. The lowest BCUT2D eigenvalue weighted by molar-refractivity contribution is -0.141. The Morgan fingerprint density at radius 1 is 0.730 bits per heavy atom. The Morgan fingerprint density at radius 2 is 1.22 bits per heavy atom. The minimum absolute atomic E-state index is 0.128. The van der Waals surface area contributed by atoms with Gasteiger partial charge in [0.1, 0.15) is 11.5 Å². The third-order valence-corrected chi connectivity index (χ3v) is 5.91. The van der Waals surface area contributed by atoms with Crippen LogP contribution in [-0.2, 0) is 28.6 Å². The Balaban J connectivity index is 1.56. The van der Waals surface area contributed by atoms with Crippen LogP contribution in [0.25, 0.3) is 0 Å². The summed E-state index contributed by atoms with van der Waals surface area (Å²) in [7, 11) is 0. The highest BCUT2D eigenvalue weighted by atomic mass is 16.5. The van der Waals surface area contributed by atoms with E-state index >= 15 is 0 Å². The van der Waals surface area contributed by atoms with E-state index < -0.39 is 0 Å². The minimum atomic E-state index is -0.375. The van der Waals surface area contributed by atoms with Crippen LogP contribution < -0.4 is 9.47 Å². The molecule has 1 saturated carbocycles. The second-order valence-electron chi connectivity index (χ2n) is 9.33. The number of esters is 3. The molecule has 1 aromatic carbocycles. The standard InChI is InChI=1S/C29H40O8/c1-21(2)27(30)35-19-7-5-17-33-24-11-9-23(10-12-24)29(32)37-26-15-13-25(14-16-26)34-18-6-8-20-36-28(31)22(3)4/h13-16,23-24H,1,3,5-12,17-20H2,2,4H3. The van der Waals surface area contributed by atoms with Gasteiger partial charge in [-0.15, -0.1) is 0 Å². The Morgan fingerprint density at radius 3 is 1.76 bits per heavy atom. The molecular weight excluding hydrogens is 476 g/mol. The van der Waals surface area contributed by atoms with E-state index in [1.54, 1.807) is 38.1 Å². The molecule has 2 rings (SSSR count). The molecule has 0 atom stereocenters. The quantitative estimate of drug-likeness (QED) is 0.126. The molecule has 0 N–H and O–H groups in total. The van der Waals surface area contributed by atoms with Crippen molar-refractivity contribution in [2.24, 2.45) is 5.92 Å². The van der Waals surface area contributed by atoms with Crippen molar-refractivity contribution in [3.63, 3.8) is 0 Å². The van der Waals surface area contributed by atoms with Crippen LogP contribution in [0, 0.1) is 5.92 Å². The van der Waals surface area contributed by atoms with E-state index in [-0.39, 0.29) is 29.9 Å². The number of carbonyl (C=O) groups is 3. The Kier molecular flexibility index (Phi) is 13.5. The summed E-state index contributed by atoms with van der Waals surface area (Å²) < 4.78 is 27.3. The molecule has 37 heavy (non-hydrogen) atoms. The molecule has 0 amide bonds. The van der Waals surface area contributed by atoms with Gasteiger partial charge in [0.2, 0.25) is 0 Å². The molecule has 8 heteroatoms. The monoisotopic (exact) mass is 516 g/mol. The first-order valence-corrected chi connectivity index (χ1v) is 13.0. The van der Waals surface area contributed by atoms with Gasteiger partial charge in [-0.25, -0.2) is 9.59 Å². The van der Waals surface area contributed by atoms with Crippen LogP contribution in [0.4, 0.5) is 0 Å². The average Bonchev–Trinajstić information content (AvgIpc) is 2.88. The van der Waals surface area contributed by atoms with Crippen LogP contribution in [0.3, 0.4) is 0 Å². The molecule has 0 spiro atoms. The van der Waals surface area contributed by atoms with E-state index in [2.05, 4.69) is 13.2 Å². The molecule has 0 aliphatic heterocycles. The Bertz CT molecular complexity index is 897. The lowest BCUT2D eigenvalue weighted by Gasteiger charge is -2.27. The first-order valence-electron chi connectivity index (χ1n) is 13.0. The first kappa shape index (κ1) is 30.1. The molecule has 1 aliphatic carbocycles. The predicted molar refractivity (Wildman–Crippen MR) is 139 cm³/mol. The van der Waals surface area contributed by atoms with E-state index in [9.17, 15) is 14.4 Å². The molecule has 0 saturated heterocycles. The smallest absolute Gasteiger partial charge is 0.333 e. The number of carbonyl (C=O) groups excluding carboxylic acids is 3. The van der Waals surface area contributed by atoms with Gasteiger partial charge in [0.05, 0.1) is 31.8 Å². The zero-order valence-electron chi connectivity index (χ0n) is 22.1. The molecule has 1 aromatic rings. The van der Waals surface area contributed by atoms with Gasteiger partial charge in [0.25, 0.3) is 0 Å². The second-order valence-corrected chi connectivity index (χ2v) is 9.33. The SMILES string of the molecule is C=C(C)C(=O)OCCCCOc1ccc(OC(=O)C2CCC(OCCCCOC(=O)C(=C)C)CC2)cc1. The summed E-state index contributed by atoms with van der Waals surface area (Å²) in [5, 5.41) is 0. The maximum atomic E-state index is 12.6. The first-order chi connectivity index (χ1) is 17.8. The lowest BCUT2D eigenvalue weighted by atomic mass is 9.87. The highest BCUT2D eigenvalue weighted by Gasteiger charge is 2.28. The zero-order valence-corrected chi connectivity index (χ0v) is 22.1. The molecule has 0 aromatic heterocycles. The van der Waals surface area contributed by atoms with Crippen molar-refractivity contribution < 1.29 is 38.1 Å². The summed E-state index contributed by atoms with van der Waals surface area (Å²) in [5.74, 6) is 0.106. The minimum Gasteiger partial charge on any atom is -0.494 e. The van der Waals surface area contributed by atoms with Crippen molar-refractivity contribution in [1.29, 1.82) is 0 Å². The van der Waals surface area contributed by atoms with Crippen LogP contribution >= 0.6 is 0 Å². The third kappa shape index (κ3) is 12.1. The number of hydrogen-bond acceptors (Lipinski definition) is 8. The third-order valence-electron chi connectivity index (χ3n) is 5.91. The lowest BCUT2D eigenvalue weighted by Crippen LogP contribution is -2.29. The normalized spacial score (nSPS) is 16.9. The van der Waals surface area contributed by atoms with Gasteiger partial charge in [-0.3, -0.25) is 4.79 Å². The van der Waals surface area contributed by atoms with Gasteiger partial charge in [0, 0.05) is 17.8 Å². The highest BCUT2D eigenvalue weighted by Crippen LogP contribution is 2.28. The molecule has 1 fully saturated rings. The summed E-state index contributed by atoms with van der Waals surface area (Å²) >= 11 is 0. The molecule has 0 radical (unpaired) electrons. The van der Waals surface area contributed by atoms with Crippen LogP contribution in [0.15, 0.2) is 48.6 Å². The van der Waals surface area contributed by atoms with E-state index in [1.165, 1.54) is 0 Å². The summed E-state index contributed by atoms with van der Waals surface area (Å²) in [4.78, 5) is 35.2. The largest absolute Gasteiger partial charge is 0.494 e. The highest BCUT2D eigenvalue weighted by molar-refractivity contribution is 5.87. The van der Waals surface area contributed by atoms with Gasteiger partial charge in [0.15, 0.2) is 0 Å². The van der Waals surface area contributed by atoms with E-state index in [0.29, 0.717) is 55.5 Å². The average molecular weight is 517 g/mol. The number of benzene rings is 1. The van der Waals surface area contributed by atoms with Gasteiger partial charge < -0.3 is 23.7 Å². The number of hydrogen-bond donors (Lipinski definition) is 0. The van der Waals surface area contributed by atoms with Crippen molar-refractivity contribution in [1.82, 2.24) is 0 Å². The van der Waals surface area contributed by atoms with Gasteiger partial charge in [-0.1, -0.05) is 13.2 Å². The fourth-order valence-corrected chi connectivity index (χ4v) is 3.69. The topological polar surface area (TPSA) is 97.4 Å². The van der Waals surface area contributed by atoms with Crippen LogP contribution in [0.2, 0.25) is 0 Å². The molecular formula is C29H40O8. The fraction of sp³-hybridized carbons (Fsp3) is 0.552. The molecule has 1 aliphatic rings. The van der Waals surface area contributed by atoms with Crippen LogP contribution in [-0.4, -0.2) is 50.4 Å². The van der Waals surface area contributed by atoms with Crippen LogP contribution in [0.1, 0.15) is 65.2 Å². The van der Waals surface area contributed by atoms with Crippen LogP contribution in [0.5, 0.6) is 11.5 Å². The Labute approximate surface area is 219 Å². The van der Waals surface area contributed by atoms with Crippen molar-refractivity contribution in [2.45, 2.75) is 71.3 Å². The fourth-order valence-electron chi connectivity index (χ4n) is 3.69. The van der Waals surface area contributed by atoms with Gasteiger partial charge >= 0.3 is 17.9 Å².